The summed E-state index contributed by atoms with van der Waals surface area (Å²) in [6.45, 7) is 7.37. The minimum absolute atomic E-state index is 0.0633. The van der Waals surface area contributed by atoms with Crippen LogP contribution in [-0.4, -0.2) is 34.9 Å². The smallest absolute Gasteiger partial charge is 0.266 e. The molecule has 1 aliphatic rings. The minimum atomic E-state index is -0.0633. The van der Waals surface area contributed by atoms with Crippen LogP contribution in [0.3, 0.4) is 0 Å². The second-order valence-electron chi connectivity index (χ2n) is 6.57. The van der Waals surface area contributed by atoms with Crippen molar-refractivity contribution in [3.8, 4) is 11.5 Å². The molecule has 4 nitrogen and oxygen atoms in total. The zero-order valence-electron chi connectivity index (χ0n) is 16.5. The number of hydrogen-bond acceptors (Lipinski definition) is 5. The van der Waals surface area contributed by atoms with Crippen LogP contribution in [0.4, 0.5) is 0 Å². The molecule has 0 aromatic heterocycles. The van der Waals surface area contributed by atoms with Crippen LogP contribution in [0.15, 0.2) is 45.8 Å². The second kappa shape index (κ2) is 9.78. The molecule has 2 aromatic rings. The molecule has 0 bridgehead atoms. The Hall–Kier alpha value is -1.83. The van der Waals surface area contributed by atoms with Gasteiger partial charge in [0.1, 0.15) is 29.0 Å². The fraction of sp³-hybridized carbons (Fsp3) is 0.273. The van der Waals surface area contributed by atoms with E-state index in [2.05, 4.69) is 22.0 Å². The van der Waals surface area contributed by atoms with E-state index in [9.17, 15) is 4.79 Å². The van der Waals surface area contributed by atoms with E-state index in [1.807, 2.05) is 57.2 Å². The number of ether oxygens (including phenoxy) is 2. The summed E-state index contributed by atoms with van der Waals surface area (Å²) in [5, 5.41) is 0. The summed E-state index contributed by atoms with van der Waals surface area (Å²) in [5.74, 6) is 1.50. The van der Waals surface area contributed by atoms with Gasteiger partial charge in [-0.25, -0.2) is 0 Å². The lowest BCUT2D eigenvalue weighted by atomic mass is 10.1. The van der Waals surface area contributed by atoms with Gasteiger partial charge in [0, 0.05) is 16.6 Å². The first-order chi connectivity index (χ1) is 13.9. The Labute approximate surface area is 189 Å². The van der Waals surface area contributed by atoms with Crippen molar-refractivity contribution in [2.75, 3.05) is 19.8 Å². The number of rotatable bonds is 7. The fourth-order valence-electron chi connectivity index (χ4n) is 2.84. The van der Waals surface area contributed by atoms with E-state index in [0.29, 0.717) is 34.7 Å². The number of nitrogens with zero attached hydrogens (tertiary/aromatic N) is 1. The molecule has 152 valence electrons. The molecule has 0 unspecified atom stereocenters. The Morgan fingerprint density at radius 1 is 1.10 bits per heavy atom. The number of thioether (sulfide) groups is 1. The maximum Gasteiger partial charge on any atom is 0.266 e. The van der Waals surface area contributed by atoms with Crippen molar-refractivity contribution in [2.24, 2.45) is 0 Å². The zero-order valence-corrected chi connectivity index (χ0v) is 19.7. The topological polar surface area (TPSA) is 38.8 Å². The number of amides is 1. The van der Waals surface area contributed by atoms with Gasteiger partial charge in [-0.1, -0.05) is 52.0 Å². The quantitative estimate of drug-likeness (QED) is 0.280. The molecule has 1 fully saturated rings. The summed E-state index contributed by atoms with van der Waals surface area (Å²) in [6.07, 6.45) is 1.83. The molecule has 1 aliphatic heterocycles. The average molecular weight is 492 g/mol. The highest BCUT2D eigenvalue weighted by Gasteiger charge is 2.30. The average Bonchev–Trinajstić information content (AvgIpc) is 2.95. The molecule has 0 spiro atoms. The number of likely N-dealkylation sites (N-methyl/N-ethyl adjacent to an activating group) is 1. The molecule has 0 saturated carbocycles. The molecule has 29 heavy (non-hydrogen) atoms. The van der Waals surface area contributed by atoms with Gasteiger partial charge in [0.2, 0.25) is 0 Å². The van der Waals surface area contributed by atoms with Gasteiger partial charge in [0.25, 0.3) is 5.91 Å². The second-order valence-corrected chi connectivity index (χ2v) is 9.17. The van der Waals surface area contributed by atoms with E-state index in [0.717, 1.165) is 26.9 Å². The van der Waals surface area contributed by atoms with E-state index in [-0.39, 0.29) is 5.91 Å². The first kappa shape index (κ1) is 21.9. The van der Waals surface area contributed by atoms with Crippen LogP contribution in [0, 0.1) is 13.8 Å². The number of thiocarbonyl (C=S) groups is 1. The molecular weight excluding hydrogens is 470 g/mol. The van der Waals surface area contributed by atoms with E-state index in [1.54, 1.807) is 4.90 Å². The summed E-state index contributed by atoms with van der Waals surface area (Å²) in [4.78, 5) is 14.7. The number of benzene rings is 2. The van der Waals surface area contributed by atoms with Crippen molar-refractivity contribution < 1.29 is 14.3 Å². The minimum Gasteiger partial charge on any atom is -0.490 e. The molecule has 1 amide bonds. The normalized spacial score (nSPS) is 15.3. The Kier molecular flexibility index (Phi) is 7.38. The Morgan fingerprint density at radius 3 is 2.52 bits per heavy atom. The SMILES string of the molecule is CCN1C(=O)C(=Cc2cc(Br)ccc2OCCOc2cc(C)ccc2C)SC1=S. The number of carbonyl (C=O) groups excluding carboxylic acids is 1. The highest BCUT2D eigenvalue weighted by atomic mass is 79.9. The summed E-state index contributed by atoms with van der Waals surface area (Å²) < 4.78 is 13.3. The van der Waals surface area contributed by atoms with Crippen LogP contribution < -0.4 is 9.47 Å². The van der Waals surface area contributed by atoms with Gasteiger partial charge in [0.15, 0.2) is 0 Å². The predicted molar refractivity (Wildman–Crippen MR) is 127 cm³/mol. The van der Waals surface area contributed by atoms with Crippen molar-refractivity contribution in [3.63, 3.8) is 0 Å². The first-order valence-electron chi connectivity index (χ1n) is 9.27. The highest BCUT2D eigenvalue weighted by molar-refractivity contribution is 9.10. The van der Waals surface area contributed by atoms with Crippen LogP contribution in [0.25, 0.3) is 6.08 Å². The molecule has 1 saturated heterocycles. The molecule has 2 aromatic carbocycles. The number of aryl methyl sites for hydroxylation is 2. The van der Waals surface area contributed by atoms with Crippen LogP contribution in [0.5, 0.6) is 11.5 Å². The molecule has 3 rings (SSSR count). The molecule has 0 aliphatic carbocycles. The van der Waals surface area contributed by atoms with Crippen LogP contribution >= 0.6 is 39.9 Å². The molecule has 0 N–H and O–H groups in total. The first-order valence-corrected chi connectivity index (χ1v) is 11.3. The Balaban J connectivity index is 1.69. The summed E-state index contributed by atoms with van der Waals surface area (Å²) in [5.41, 5.74) is 3.08. The van der Waals surface area contributed by atoms with E-state index < -0.39 is 0 Å². The van der Waals surface area contributed by atoms with Crippen molar-refractivity contribution >= 4 is 56.2 Å². The van der Waals surface area contributed by atoms with Crippen molar-refractivity contribution in [3.05, 3.63) is 62.5 Å². The molecule has 7 heteroatoms. The van der Waals surface area contributed by atoms with E-state index in [1.165, 1.54) is 11.8 Å². The number of hydrogen-bond donors (Lipinski definition) is 0. The summed E-state index contributed by atoms with van der Waals surface area (Å²) >= 11 is 10.1. The van der Waals surface area contributed by atoms with Gasteiger partial charge in [-0.05, 0) is 62.2 Å². The largest absolute Gasteiger partial charge is 0.490 e. The van der Waals surface area contributed by atoms with Gasteiger partial charge in [-0.2, -0.15) is 0 Å². The van der Waals surface area contributed by atoms with Gasteiger partial charge < -0.3 is 9.47 Å². The summed E-state index contributed by atoms with van der Waals surface area (Å²) in [6, 6.07) is 11.9. The number of halogens is 1. The lowest BCUT2D eigenvalue weighted by molar-refractivity contribution is -0.121. The molecule has 0 radical (unpaired) electrons. The lowest BCUT2D eigenvalue weighted by Crippen LogP contribution is -2.27. The Bertz CT molecular complexity index is 975. The molecular formula is C22H22BrNO3S2. The Morgan fingerprint density at radius 2 is 1.83 bits per heavy atom. The molecule has 1 heterocycles. The fourth-order valence-corrected chi connectivity index (χ4v) is 4.60. The van der Waals surface area contributed by atoms with Gasteiger partial charge >= 0.3 is 0 Å². The number of carbonyl (C=O) groups is 1. The maximum absolute atomic E-state index is 12.5. The van der Waals surface area contributed by atoms with Gasteiger partial charge in [-0.3, -0.25) is 9.69 Å². The maximum atomic E-state index is 12.5. The standard InChI is InChI=1S/C22H22BrNO3S2/c1-4-24-21(25)20(29-22(24)28)13-16-12-17(23)7-8-18(16)26-9-10-27-19-11-14(2)5-6-15(19)3/h5-8,11-13H,4,9-10H2,1-3H3. The van der Waals surface area contributed by atoms with Gasteiger partial charge in [0.05, 0.1) is 4.91 Å². The predicted octanol–water partition coefficient (Wildman–Crippen LogP) is 5.74. The zero-order chi connectivity index (χ0) is 21.0. The van der Waals surface area contributed by atoms with E-state index in [4.69, 9.17) is 21.7 Å². The van der Waals surface area contributed by atoms with Crippen molar-refractivity contribution in [2.45, 2.75) is 20.8 Å². The third-order valence-corrected chi connectivity index (χ3v) is 6.26. The van der Waals surface area contributed by atoms with Crippen LogP contribution in [0.2, 0.25) is 0 Å². The van der Waals surface area contributed by atoms with Gasteiger partial charge in [-0.15, -0.1) is 0 Å². The van der Waals surface area contributed by atoms with Crippen LogP contribution in [0.1, 0.15) is 23.6 Å². The highest BCUT2D eigenvalue weighted by Crippen LogP contribution is 2.35. The lowest BCUT2D eigenvalue weighted by Gasteiger charge is -2.13. The van der Waals surface area contributed by atoms with Crippen LogP contribution in [-0.2, 0) is 4.79 Å². The monoisotopic (exact) mass is 491 g/mol. The summed E-state index contributed by atoms with van der Waals surface area (Å²) in [7, 11) is 0. The van der Waals surface area contributed by atoms with Crippen molar-refractivity contribution in [1.82, 2.24) is 4.90 Å². The van der Waals surface area contributed by atoms with E-state index >= 15 is 0 Å². The third-order valence-electron chi connectivity index (χ3n) is 4.39. The third kappa shape index (κ3) is 5.41. The molecule has 0 atom stereocenters. The van der Waals surface area contributed by atoms with Crippen molar-refractivity contribution in [1.29, 1.82) is 0 Å².